The van der Waals surface area contributed by atoms with Crippen molar-refractivity contribution in [1.29, 1.82) is 0 Å². The zero-order chi connectivity index (χ0) is 25.1. The van der Waals surface area contributed by atoms with Crippen LogP contribution >= 0.6 is 34.8 Å². The number of carbonyl (C=O) groups is 3. The Morgan fingerprint density at radius 1 is 0.829 bits per heavy atom. The van der Waals surface area contributed by atoms with E-state index in [1.54, 1.807) is 54.6 Å². The summed E-state index contributed by atoms with van der Waals surface area (Å²) in [7, 11) is 1.45. The molecule has 0 bridgehead atoms. The second-order valence-electron chi connectivity index (χ2n) is 7.25. The Kier molecular flexibility index (Phi) is 7.16. The zero-order valence-electron chi connectivity index (χ0n) is 18.1. The van der Waals surface area contributed by atoms with Crippen molar-refractivity contribution in [3.63, 3.8) is 0 Å². The minimum absolute atomic E-state index is 0.0479. The summed E-state index contributed by atoms with van der Waals surface area (Å²) in [4.78, 5) is 38.5. The second kappa shape index (κ2) is 10.3. The fourth-order valence-electron chi connectivity index (χ4n) is 3.32. The third-order valence-corrected chi connectivity index (χ3v) is 5.92. The summed E-state index contributed by atoms with van der Waals surface area (Å²) in [6.07, 6.45) is 0. The van der Waals surface area contributed by atoms with Gasteiger partial charge in [0.2, 0.25) is 0 Å². The number of hydrogen-bond donors (Lipinski definition) is 3. The number of anilines is 2. The lowest BCUT2D eigenvalue weighted by atomic mass is 10.2. The maximum Gasteiger partial charge on any atom is 0.328 e. The standard InChI is InChI=1S/C24H17Cl3N4O4/c1-35-21-5-3-2-4-18(21)29-23(33)24(34)30-31-19-9-6-14(25)10-13(19)11-20(31)22(32)28-15-7-8-16(26)17(27)12-15/h2-12H,1H3,(H,28,32)(H,29,33)(H,30,34). The summed E-state index contributed by atoms with van der Waals surface area (Å²) in [5.74, 6) is -2.15. The molecule has 4 aromatic rings. The van der Waals surface area contributed by atoms with Gasteiger partial charge in [0, 0.05) is 16.1 Å². The van der Waals surface area contributed by atoms with Crippen LogP contribution in [0.15, 0.2) is 66.7 Å². The molecule has 11 heteroatoms. The van der Waals surface area contributed by atoms with E-state index in [1.807, 2.05) is 0 Å². The summed E-state index contributed by atoms with van der Waals surface area (Å²) in [5, 5.41) is 6.79. The van der Waals surface area contributed by atoms with Gasteiger partial charge in [0.1, 0.15) is 11.4 Å². The molecule has 0 radical (unpaired) electrons. The molecule has 0 aliphatic rings. The molecule has 0 fully saturated rings. The largest absolute Gasteiger partial charge is 0.495 e. The third kappa shape index (κ3) is 5.35. The molecule has 1 heterocycles. The fraction of sp³-hybridized carbons (Fsp3) is 0.0417. The molecule has 0 atom stereocenters. The number of halogens is 3. The first-order valence-electron chi connectivity index (χ1n) is 10.1. The number of aromatic nitrogens is 1. The van der Waals surface area contributed by atoms with Crippen LogP contribution < -0.4 is 20.8 Å². The topological polar surface area (TPSA) is 101 Å². The van der Waals surface area contributed by atoms with Gasteiger partial charge in [0.05, 0.1) is 28.4 Å². The molecule has 8 nitrogen and oxygen atoms in total. The van der Waals surface area contributed by atoms with Crippen molar-refractivity contribution in [1.82, 2.24) is 4.68 Å². The Hall–Kier alpha value is -3.72. The summed E-state index contributed by atoms with van der Waals surface area (Å²) in [6, 6.07) is 17.6. The van der Waals surface area contributed by atoms with E-state index in [9.17, 15) is 14.4 Å². The second-order valence-corrected chi connectivity index (χ2v) is 8.50. The van der Waals surface area contributed by atoms with E-state index in [2.05, 4.69) is 16.1 Å². The first kappa shape index (κ1) is 24.4. The van der Waals surface area contributed by atoms with Gasteiger partial charge in [-0.05, 0) is 54.6 Å². The lowest BCUT2D eigenvalue weighted by molar-refractivity contribution is -0.133. The quantitative estimate of drug-likeness (QED) is 0.293. The highest BCUT2D eigenvalue weighted by Crippen LogP contribution is 2.27. The Balaban J connectivity index is 1.63. The van der Waals surface area contributed by atoms with E-state index >= 15 is 0 Å². The number of ether oxygens (including phenoxy) is 1. The van der Waals surface area contributed by atoms with Crippen LogP contribution in [0.1, 0.15) is 10.5 Å². The van der Waals surface area contributed by atoms with Crippen LogP contribution in [0.5, 0.6) is 5.75 Å². The molecule has 0 aliphatic heterocycles. The lowest BCUT2D eigenvalue weighted by Gasteiger charge is -2.14. The summed E-state index contributed by atoms with van der Waals surface area (Å²) in [5.41, 5.74) is 3.68. The van der Waals surface area contributed by atoms with Crippen LogP contribution in [0.4, 0.5) is 11.4 Å². The van der Waals surface area contributed by atoms with E-state index in [1.165, 1.54) is 23.9 Å². The number of nitrogens with one attached hydrogen (secondary N) is 3. The van der Waals surface area contributed by atoms with E-state index in [-0.39, 0.29) is 10.7 Å². The predicted octanol–water partition coefficient (Wildman–Crippen LogP) is 5.57. The van der Waals surface area contributed by atoms with Crippen molar-refractivity contribution >= 4 is 74.8 Å². The Morgan fingerprint density at radius 3 is 2.34 bits per heavy atom. The number of fused-ring (bicyclic) bond motifs is 1. The molecule has 0 saturated carbocycles. The molecule has 3 N–H and O–H groups in total. The highest BCUT2D eigenvalue weighted by molar-refractivity contribution is 6.43. The smallest absolute Gasteiger partial charge is 0.328 e. The van der Waals surface area contributed by atoms with E-state index in [0.29, 0.717) is 38.1 Å². The number of hydrogen-bond acceptors (Lipinski definition) is 4. The monoisotopic (exact) mass is 530 g/mol. The SMILES string of the molecule is COc1ccccc1NC(=O)C(=O)Nn1c(C(=O)Nc2ccc(Cl)c(Cl)c2)cc2cc(Cl)ccc21. The molecular formula is C24H17Cl3N4O4. The summed E-state index contributed by atoms with van der Waals surface area (Å²) >= 11 is 18.1. The van der Waals surface area contributed by atoms with Gasteiger partial charge in [0.25, 0.3) is 5.91 Å². The molecule has 1 aromatic heterocycles. The molecule has 0 spiro atoms. The number of benzene rings is 3. The van der Waals surface area contributed by atoms with Crippen molar-refractivity contribution < 1.29 is 19.1 Å². The van der Waals surface area contributed by atoms with Gasteiger partial charge >= 0.3 is 11.8 Å². The number of rotatable bonds is 5. The number of nitrogens with zero attached hydrogens (tertiary/aromatic N) is 1. The minimum Gasteiger partial charge on any atom is -0.495 e. The van der Waals surface area contributed by atoms with Crippen molar-refractivity contribution in [3.8, 4) is 5.75 Å². The normalized spacial score (nSPS) is 10.6. The van der Waals surface area contributed by atoms with Gasteiger partial charge < -0.3 is 15.4 Å². The van der Waals surface area contributed by atoms with Gasteiger partial charge in [-0.3, -0.25) is 19.8 Å². The molecule has 35 heavy (non-hydrogen) atoms. The number of para-hydroxylation sites is 2. The molecule has 0 unspecified atom stereocenters. The highest BCUT2D eigenvalue weighted by atomic mass is 35.5. The Bertz CT molecular complexity index is 1470. The minimum atomic E-state index is -1.01. The maximum absolute atomic E-state index is 13.1. The third-order valence-electron chi connectivity index (χ3n) is 4.95. The van der Waals surface area contributed by atoms with Crippen LogP contribution in [0.3, 0.4) is 0 Å². The lowest BCUT2D eigenvalue weighted by Crippen LogP contribution is -2.36. The average Bonchev–Trinajstić information content (AvgIpc) is 3.19. The Labute approximate surface area is 214 Å². The number of carbonyl (C=O) groups excluding carboxylic acids is 3. The number of amides is 3. The maximum atomic E-state index is 13.1. The molecule has 178 valence electrons. The molecule has 3 aromatic carbocycles. The van der Waals surface area contributed by atoms with Crippen molar-refractivity contribution in [2.24, 2.45) is 0 Å². The number of methoxy groups -OCH3 is 1. The van der Waals surface area contributed by atoms with Gasteiger partial charge in [-0.1, -0.05) is 46.9 Å². The fourth-order valence-corrected chi connectivity index (χ4v) is 3.80. The van der Waals surface area contributed by atoms with E-state index in [0.717, 1.165) is 0 Å². The van der Waals surface area contributed by atoms with Gasteiger partial charge in [-0.15, -0.1) is 0 Å². The molecule has 0 saturated heterocycles. The molecule has 3 amide bonds. The van der Waals surface area contributed by atoms with Crippen LogP contribution in [0.25, 0.3) is 10.9 Å². The molecular weight excluding hydrogens is 515 g/mol. The van der Waals surface area contributed by atoms with Crippen molar-refractivity contribution in [2.75, 3.05) is 23.2 Å². The first-order valence-corrected chi connectivity index (χ1v) is 11.2. The van der Waals surface area contributed by atoms with Crippen LogP contribution in [0, 0.1) is 0 Å². The highest BCUT2D eigenvalue weighted by Gasteiger charge is 2.22. The summed E-state index contributed by atoms with van der Waals surface area (Å²) in [6.45, 7) is 0. The molecule has 4 rings (SSSR count). The average molecular weight is 532 g/mol. The summed E-state index contributed by atoms with van der Waals surface area (Å²) < 4.78 is 6.40. The van der Waals surface area contributed by atoms with Gasteiger partial charge in [-0.2, -0.15) is 0 Å². The van der Waals surface area contributed by atoms with Crippen molar-refractivity contribution in [2.45, 2.75) is 0 Å². The van der Waals surface area contributed by atoms with E-state index in [4.69, 9.17) is 39.5 Å². The van der Waals surface area contributed by atoms with Gasteiger partial charge in [0.15, 0.2) is 0 Å². The zero-order valence-corrected chi connectivity index (χ0v) is 20.3. The first-order chi connectivity index (χ1) is 16.8. The van der Waals surface area contributed by atoms with Gasteiger partial charge in [-0.25, -0.2) is 4.68 Å². The molecule has 0 aliphatic carbocycles. The van der Waals surface area contributed by atoms with Crippen LogP contribution in [0.2, 0.25) is 15.1 Å². The van der Waals surface area contributed by atoms with Crippen molar-refractivity contribution in [3.05, 3.63) is 87.5 Å². The Morgan fingerprint density at radius 2 is 1.60 bits per heavy atom. The predicted molar refractivity (Wildman–Crippen MR) is 137 cm³/mol. The van der Waals surface area contributed by atoms with E-state index < -0.39 is 17.7 Å². The van der Waals surface area contributed by atoms with Crippen LogP contribution in [-0.4, -0.2) is 29.5 Å². The van der Waals surface area contributed by atoms with Crippen LogP contribution in [-0.2, 0) is 9.59 Å².